The van der Waals surface area contributed by atoms with Gasteiger partial charge in [-0.2, -0.15) is 0 Å². The molecule has 0 aliphatic heterocycles. The Kier molecular flexibility index (Phi) is 42.7. The van der Waals surface area contributed by atoms with Gasteiger partial charge in [0.25, 0.3) is 20.8 Å². The Morgan fingerprint density at radius 3 is 0.694 bits per heavy atom. The van der Waals surface area contributed by atoms with Crippen molar-refractivity contribution in [1.82, 2.24) is 0 Å². The quantitative estimate of drug-likeness (QED) is 0.0266. The molecule has 0 amide bonds. The first-order valence-electron chi connectivity index (χ1n) is 19.3. The SMILES string of the molecule is CCCCCCCCCCCCCCCCCC(=O)OS(=O)(=O)[O-].CCCCCCCCCCCCCCCCCC(=O)OS(=O)(=O)[O-].[Ca+2]. The van der Waals surface area contributed by atoms with Gasteiger partial charge in [0, 0.05) is 12.8 Å². The van der Waals surface area contributed by atoms with Gasteiger partial charge in [0.05, 0.1) is 0 Å². The minimum absolute atomic E-state index is 0. The molecule has 288 valence electrons. The van der Waals surface area contributed by atoms with E-state index in [2.05, 4.69) is 22.2 Å². The maximum absolute atomic E-state index is 11.0. The molecule has 49 heavy (non-hydrogen) atoms. The fraction of sp³-hybridized carbons (Fsp3) is 0.944. The van der Waals surface area contributed by atoms with Crippen molar-refractivity contribution in [2.75, 3.05) is 0 Å². The molecule has 0 heterocycles. The van der Waals surface area contributed by atoms with Gasteiger partial charge in [-0.15, -0.1) is 0 Å². The second kappa shape index (κ2) is 39.2. The topological polar surface area (TPSA) is 167 Å². The second-order valence-electron chi connectivity index (χ2n) is 13.1. The first kappa shape index (κ1) is 53.4. The van der Waals surface area contributed by atoms with Crippen molar-refractivity contribution in [2.45, 2.75) is 219 Å². The van der Waals surface area contributed by atoms with E-state index in [4.69, 9.17) is 0 Å². The van der Waals surface area contributed by atoms with Crippen LogP contribution in [-0.4, -0.2) is 75.6 Å². The summed E-state index contributed by atoms with van der Waals surface area (Å²) in [4.78, 5) is 22.0. The summed E-state index contributed by atoms with van der Waals surface area (Å²) < 4.78 is 68.7. The summed E-state index contributed by atoms with van der Waals surface area (Å²) in [5.41, 5.74) is 0. The van der Waals surface area contributed by atoms with Crippen LogP contribution in [0.25, 0.3) is 0 Å². The Morgan fingerprint density at radius 2 is 0.531 bits per heavy atom. The van der Waals surface area contributed by atoms with Gasteiger partial charge in [-0.1, -0.05) is 194 Å². The number of carbonyl (C=O) groups excluding carboxylic acids is 2. The van der Waals surface area contributed by atoms with Gasteiger partial charge in [-0.25, -0.2) is 16.8 Å². The van der Waals surface area contributed by atoms with E-state index in [1.807, 2.05) is 0 Å². The third-order valence-electron chi connectivity index (χ3n) is 8.36. The maximum Gasteiger partial charge on any atom is 2.00 e. The van der Waals surface area contributed by atoms with E-state index in [9.17, 15) is 35.5 Å². The van der Waals surface area contributed by atoms with E-state index in [1.165, 1.54) is 141 Å². The molecule has 0 bridgehead atoms. The zero-order valence-corrected chi connectivity index (χ0v) is 35.1. The molecule has 0 atom stereocenters. The van der Waals surface area contributed by atoms with Crippen LogP contribution in [0.2, 0.25) is 0 Å². The molecule has 0 saturated carbocycles. The Morgan fingerprint density at radius 1 is 0.367 bits per heavy atom. The van der Waals surface area contributed by atoms with Crippen LogP contribution in [-0.2, 0) is 38.8 Å². The summed E-state index contributed by atoms with van der Waals surface area (Å²) >= 11 is 0. The predicted molar refractivity (Wildman–Crippen MR) is 196 cm³/mol. The Bertz CT molecular complexity index is 867. The Hall–Kier alpha value is 0.0197. The fourth-order valence-corrected chi connectivity index (χ4v) is 6.21. The summed E-state index contributed by atoms with van der Waals surface area (Å²) in [5.74, 6) is -1.89. The van der Waals surface area contributed by atoms with E-state index in [-0.39, 0.29) is 50.6 Å². The Balaban J connectivity index is -0.000000846. The molecule has 0 N–H and O–H groups in total. The van der Waals surface area contributed by atoms with Gasteiger partial charge in [-0.3, -0.25) is 9.59 Å². The van der Waals surface area contributed by atoms with Gasteiger partial charge in [0.1, 0.15) is 0 Å². The largest absolute Gasteiger partial charge is 2.00 e. The Labute approximate surface area is 331 Å². The van der Waals surface area contributed by atoms with E-state index in [0.29, 0.717) is 12.8 Å². The van der Waals surface area contributed by atoms with Crippen LogP contribution in [0.1, 0.15) is 219 Å². The zero-order valence-electron chi connectivity index (χ0n) is 31.2. The van der Waals surface area contributed by atoms with Crippen LogP contribution in [0.4, 0.5) is 0 Å². The van der Waals surface area contributed by atoms with E-state index in [1.54, 1.807) is 0 Å². The summed E-state index contributed by atoms with van der Waals surface area (Å²) in [6, 6.07) is 0. The van der Waals surface area contributed by atoms with Gasteiger partial charge < -0.3 is 17.5 Å². The minimum Gasteiger partial charge on any atom is -0.716 e. The third-order valence-corrected chi connectivity index (χ3v) is 9.14. The smallest absolute Gasteiger partial charge is 0.716 e. The van der Waals surface area contributed by atoms with E-state index < -0.39 is 32.7 Å². The van der Waals surface area contributed by atoms with Crippen LogP contribution in [0, 0.1) is 0 Å². The van der Waals surface area contributed by atoms with Crippen molar-refractivity contribution in [3.63, 3.8) is 0 Å². The van der Waals surface area contributed by atoms with Crippen LogP contribution in [0.15, 0.2) is 0 Å². The van der Waals surface area contributed by atoms with Crippen molar-refractivity contribution in [3.8, 4) is 0 Å². The summed E-state index contributed by atoms with van der Waals surface area (Å²) in [6.45, 7) is 4.49. The number of hydrogen-bond acceptors (Lipinski definition) is 10. The monoisotopic (exact) mass is 766 g/mol. The molecule has 0 unspecified atom stereocenters. The molecule has 0 aliphatic carbocycles. The van der Waals surface area contributed by atoms with Crippen molar-refractivity contribution < 1.29 is 43.9 Å². The number of unbranched alkanes of at least 4 members (excludes halogenated alkanes) is 28. The van der Waals surface area contributed by atoms with Gasteiger partial charge in [0.2, 0.25) is 0 Å². The van der Waals surface area contributed by atoms with Gasteiger partial charge in [0.15, 0.2) is 0 Å². The summed E-state index contributed by atoms with van der Waals surface area (Å²) in [5, 5.41) is 0. The summed E-state index contributed by atoms with van der Waals surface area (Å²) in [7, 11) is -9.79. The van der Waals surface area contributed by atoms with Crippen molar-refractivity contribution in [3.05, 3.63) is 0 Å². The first-order valence-corrected chi connectivity index (χ1v) is 21.9. The molecule has 0 aromatic carbocycles. The molecular formula is C36H70CaO10S2. The van der Waals surface area contributed by atoms with Crippen molar-refractivity contribution >= 4 is 70.5 Å². The molecule has 0 aliphatic rings. The number of carbonyl (C=O) groups is 2. The van der Waals surface area contributed by atoms with Crippen LogP contribution < -0.4 is 0 Å². The first-order chi connectivity index (χ1) is 22.9. The van der Waals surface area contributed by atoms with Crippen molar-refractivity contribution in [2.24, 2.45) is 0 Å². The van der Waals surface area contributed by atoms with Crippen molar-refractivity contribution in [1.29, 1.82) is 0 Å². The predicted octanol–water partition coefficient (Wildman–Crippen LogP) is 10.1. The molecule has 13 heteroatoms. The normalized spacial score (nSPS) is 11.3. The summed E-state index contributed by atoms with van der Waals surface area (Å²) in [6.07, 6.45) is 36.7. The van der Waals surface area contributed by atoms with E-state index >= 15 is 0 Å². The number of rotatable bonds is 34. The molecule has 0 saturated heterocycles. The van der Waals surface area contributed by atoms with Crippen LogP contribution in [0.3, 0.4) is 0 Å². The third kappa shape index (κ3) is 52.5. The average Bonchev–Trinajstić information content (AvgIpc) is 2.99. The average molecular weight is 767 g/mol. The second-order valence-corrected chi connectivity index (χ2v) is 15.1. The number of hydrogen-bond donors (Lipinski definition) is 0. The molecule has 0 aromatic heterocycles. The molecule has 0 aromatic rings. The molecule has 10 nitrogen and oxygen atoms in total. The zero-order chi connectivity index (χ0) is 36.2. The maximum atomic E-state index is 11.0. The molecular weight excluding hydrogens is 697 g/mol. The molecule has 0 fully saturated rings. The fourth-order valence-electron chi connectivity index (χ4n) is 5.59. The van der Waals surface area contributed by atoms with Gasteiger partial charge >= 0.3 is 49.7 Å². The molecule has 0 rings (SSSR count). The van der Waals surface area contributed by atoms with E-state index in [0.717, 1.165) is 38.5 Å². The van der Waals surface area contributed by atoms with Crippen LogP contribution in [0.5, 0.6) is 0 Å². The molecule has 0 radical (unpaired) electrons. The minimum atomic E-state index is -4.89. The molecule has 0 spiro atoms. The van der Waals surface area contributed by atoms with Crippen LogP contribution >= 0.6 is 0 Å². The van der Waals surface area contributed by atoms with Gasteiger partial charge in [-0.05, 0) is 12.8 Å². The standard InChI is InChI=1S/2C18H36O5S.Ca/c2*1-2-3-4-5-6-7-8-9-10-11-12-13-14-15-16-17-18(19)23-24(20,21)22;/h2*2-17H2,1H3,(H,20,21,22);/q;;+2/p-2.